The summed E-state index contributed by atoms with van der Waals surface area (Å²) in [6, 6.07) is 13.7. The molecule has 0 unspecified atom stereocenters. The lowest BCUT2D eigenvalue weighted by atomic mass is 10.1. The number of amides is 1. The van der Waals surface area contributed by atoms with E-state index in [4.69, 9.17) is 4.74 Å². The highest BCUT2D eigenvalue weighted by Gasteiger charge is 2.16. The second-order valence-corrected chi connectivity index (χ2v) is 7.86. The van der Waals surface area contributed by atoms with Crippen molar-refractivity contribution in [2.45, 2.75) is 17.7 Å². The maximum absolute atomic E-state index is 12.0. The second-order valence-electron chi connectivity index (χ2n) is 5.71. The van der Waals surface area contributed by atoms with Crippen LogP contribution in [0.2, 0.25) is 0 Å². The van der Waals surface area contributed by atoms with E-state index in [2.05, 4.69) is 5.32 Å². The summed E-state index contributed by atoms with van der Waals surface area (Å²) >= 11 is 0. The first kappa shape index (κ1) is 19.0. The smallest absolute Gasteiger partial charge is 0.242 e. The van der Waals surface area contributed by atoms with Crippen molar-refractivity contribution in [3.63, 3.8) is 0 Å². The summed E-state index contributed by atoms with van der Waals surface area (Å²) in [6.45, 7) is 0. The van der Waals surface area contributed by atoms with Gasteiger partial charge in [0.2, 0.25) is 15.9 Å². The topological polar surface area (TPSA) is 75.7 Å². The zero-order chi connectivity index (χ0) is 18.4. The molecular weight excluding hydrogens is 340 g/mol. The number of aryl methyl sites for hydroxylation is 1. The molecule has 2 aromatic rings. The van der Waals surface area contributed by atoms with Gasteiger partial charge in [0.25, 0.3) is 0 Å². The van der Waals surface area contributed by atoms with Crippen molar-refractivity contribution in [2.75, 3.05) is 26.5 Å². The maximum Gasteiger partial charge on any atom is 0.242 e. The van der Waals surface area contributed by atoms with Crippen LogP contribution in [0.15, 0.2) is 53.4 Å². The van der Waals surface area contributed by atoms with Gasteiger partial charge in [0.15, 0.2) is 0 Å². The van der Waals surface area contributed by atoms with Gasteiger partial charge in [0, 0.05) is 26.2 Å². The molecule has 0 saturated carbocycles. The molecule has 0 heterocycles. The number of nitrogens with zero attached hydrogens (tertiary/aromatic N) is 1. The minimum absolute atomic E-state index is 0.102. The number of hydrogen-bond acceptors (Lipinski definition) is 4. The number of ether oxygens (including phenoxy) is 1. The summed E-state index contributed by atoms with van der Waals surface area (Å²) in [5, 5.41) is 2.82. The molecule has 2 aromatic carbocycles. The van der Waals surface area contributed by atoms with Crippen molar-refractivity contribution in [1.82, 2.24) is 4.31 Å². The van der Waals surface area contributed by atoms with Crippen molar-refractivity contribution in [3.05, 3.63) is 54.1 Å². The summed E-state index contributed by atoms with van der Waals surface area (Å²) in [5.74, 6) is 0.626. The van der Waals surface area contributed by atoms with E-state index in [0.717, 1.165) is 11.3 Å². The molecule has 134 valence electrons. The Hall–Kier alpha value is -2.38. The predicted molar refractivity (Wildman–Crippen MR) is 97.3 cm³/mol. The molecule has 0 aliphatic rings. The Balaban J connectivity index is 1.91. The predicted octanol–water partition coefficient (Wildman–Crippen LogP) is 2.52. The Labute approximate surface area is 148 Å². The summed E-state index contributed by atoms with van der Waals surface area (Å²) < 4.78 is 30.3. The number of methoxy groups -OCH3 is 1. The normalized spacial score (nSPS) is 11.4. The van der Waals surface area contributed by atoms with Crippen LogP contribution in [0.5, 0.6) is 5.75 Å². The molecule has 0 radical (unpaired) electrons. The lowest BCUT2D eigenvalue weighted by Crippen LogP contribution is -2.22. The van der Waals surface area contributed by atoms with Gasteiger partial charge < -0.3 is 10.1 Å². The minimum Gasteiger partial charge on any atom is -0.497 e. The minimum atomic E-state index is -3.43. The van der Waals surface area contributed by atoms with Crippen LogP contribution >= 0.6 is 0 Å². The van der Waals surface area contributed by atoms with Gasteiger partial charge in [-0.3, -0.25) is 4.79 Å². The SMILES string of the molecule is COc1ccc(NC(=O)CCc2ccc(S(=O)(=O)N(C)C)cc2)cc1. The zero-order valence-corrected chi connectivity index (χ0v) is 15.3. The van der Waals surface area contributed by atoms with E-state index < -0.39 is 10.0 Å². The van der Waals surface area contributed by atoms with Gasteiger partial charge in [0.05, 0.1) is 12.0 Å². The molecule has 2 rings (SSSR count). The number of rotatable bonds is 7. The second kappa shape index (κ2) is 8.13. The quantitative estimate of drug-likeness (QED) is 0.821. The lowest BCUT2D eigenvalue weighted by molar-refractivity contribution is -0.116. The molecular formula is C18H22N2O4S. The number of benzene rings is 2. The van der Waals surface area contributed by atoms with E-state index in [-0.39, 0.29) is 10.8 Å². The van der Waals surface area contributed by atoms with E-state index in [9.17, 15) is 13.2 Å². The Bertz CT molecular complexity index is 813. The zero-order valence-electron chi connectivity index (χ0n) is 14.5. The third-order valence-electron chi connectivity index (χ3n) is 3.72. The number of nitrogens with one attached hydrogen (secondary N) is 1. The summed E-state index contributed by atoms with van der Waals surface area (Å²) in [7, 11) is 1.14. The van der Waals surface area contributed by atoms with Crippen LogP contribution in [0.4, 0.5) is 5.69 Å². The largest absolute Gasteiger partial charge is 0.497 e. The number of anilines is 1. The molecule has 0 spiro atoms. The Morgan fingerprint density at radius 1 is 1.04 bits per heavy atom. The average molecular weight is 362 g/mol. The van der Waals surface area contributed by atoms with Crippen molar-refractivity contribution < 1.29 is 17.9 Å². The molecule has 0 atom stereocenters. The summed E-state index contributed by atoms with van der Waals surface area (Å²) in [4.78, 5) is 12.3. The van der Waals surface area contributed by atoms with Crippen LogP contribution < -0.4 is 10.1 Å². The number of hydrogen-bond donors (Lipinski definition) is 1. The van der Waals surface area contributed by atoms with Crippen molar-refractivity contribution in [3.8, 4) is 5.75 Å². The van der Waals surface area contributed by atoms with E-state index in [1.54, 1.807) is 55.6 Å². The van der Waals surface area contributed by atoms with Crippen LogP contribution in [0, 0.1) is 0 Å². The molecule has 0 saturated heterocycles. The molecule has 0 bridgehead atoms. The summed E-state index contributed by atoms with van der Waals surface area (Å²) in [5.41, 5.74) is 1.61. The van der Waals surface area contributed by atoms with Crippen molar-refractivity contribution >= 4 is 21.6 Å². The number of carbonyl (C=O) groups excluding carboxylic acids is 1. The van der Waals surface area contributed by atoms with Gasteiger partial charge in [-0.25, -0.2) is 12.7 Å². The molecule has 0 aliphatic heterocycles. The van der Waals surface area contributed by atoms with Crippen LogP contribution in [0.1, 0.15) is 12.0 Å². The Morgan fingerprint density at radius 3 is 2.16 bits per heavy atom. The summed E-state index contributed by atoms with van der Waals surface area (Å²) in [6.07, 6.45) is 0.843. The molecule has 0 fully saturated rings. The van der Waals surface area contributed by atoms with Gasteiger partial charge in [-0.05, 0) is 48.4 Å². The van der Waals surface area contributed by atoms with Gasteiger partial charge >= 0.3 is 0 Å². The molecule has 0 aromatic heterocycles. The fraction of sp³-hybridized carbons (Fsp3) is 0.278. The highest BCUT2D eigenvalue weighted by atomic mass is 32.2. The van der Waals surface area contributed by atoms with E-state index >= 15 is 0 Å². The van der Waals surface area contributed by atoms with Crippen molar-refractivity contribution in [1.29, 1.82) is 0 Å². The monoisotopic (exact) mass is 362 g/mol. The van der Waals surface area contributed by atoms with E-state index in [1.165, 1.54) is 18.4 Å². The first-order valence-corrected chi connectivity index (χ1v) is 9.22. The van der Waals surface area contributed by atoms with Crippen LogP contribution in [-0.4, -0.2) is 39.8 Å². The van der Waals surface area contributed by atoms with Gasteiger partial charge in [-0.1, -0.05) is 12.1 Å². The molecule has 7 heteroatoms. The van der Waals surface area contributed by atoms with E-state index in [1.807, 2.05) is 0 Å². The number of carbonyl (C=O) groups is 1. The Kier molecular flexibility index (Phi) is 6.17. The van der Waals surface area contributed by atoms with E-state index in [0.29, 0.717) is 18.5 Å². The van der Waals surface area contributed by atoms with Crippen LogP contribution in [0.25, 0.3) is 0 Å². The third kappa shape index (κ3) is 5.04. The Morgan fingerprint density at radius 2 is 1.64 bits per heavy atom. The standard InChI is InChI=1S/C18H22N2O4S/c1-20(2)25(22,23)17-11-4-14(5-12-17)6-13-18(21)19-15-7-9-16(24-3)10-8-15/h4-5,7-12H,6,13H2,1-3H3,(H,19,21). The third-order valence-corrected chi connectivity index (χ3v) is 5.55. The highest BCUT2D eigenvalue weighted by Crippen LogP contribution is 2.17. The van der Waals surface area contributed by atoms with Gasteiger partial charge in [0.1, 0.15) is 5.75 Å². The molecule has 6 nitrogen and oxygen atoms in total. The first-order valence-electron chi connectivity index (χ1n) is 7.78. The lowest BCUT2D eigenvalue weighted by Gasteiger charge is -2.11. The van der Waals surface area contributed by atoms with Crippen LogP contribution in [-0.2, 0) is 21.2 Å². The maximum atomic E-state index is 12.0. The molecule has 1 N–H and O–H groups in total. The fourth-order valence-corrected chi connectivity index (χ4v) is 3.10. The van der Waals surface area contributed by atoms with Gasteiger partial charge in [-0.2, -0.15) is 0 Å². The average Bonchev–Trinajstić information content (AvgIpc) is 2.61. The first-order chi connectivity index (χ1) is 11.8. The molecule has 0 aliphatic carbocycles. The fourth-order valence-electron chi connectivity index (χ4n) is 2.19. The van der Waals surface area contributed by atoms with Crippen molar-refractivity contribution in [2.24, 2.45) is 0 Å². The van der Waals surface area contributed by atoms with Gasteiger partial charge in [-0.15, -0.1) is 0 Å². The number of sulfonamides is 1. The molecule has 25 heavy (non-hydrogen) atoms. The molecule has 1 amide bonds. The van der Waals surface area contributed by atoms with Crippen LogP contribution in [0.3, 0.4) is 0 Å². The highest BCUT2D eigenvalue weighted by molar-refractivity contribution is 7.89.